The second-order valence-electron chi connectivity index (χ2n) is 6.47. The molecule has 0 aromatic heterocycles. The molecule has 25 heavy (non-hydrogen) atoms. The van der Waals surface area contributed by atoms with Gasteiger partial charge in [0.15, 0.2) is 0 Å². The first-order valence-electron chi connectivity index (χ1n) is 8.46. The average Bonchev–Trinajstić information content (AvgIpc) is 3.02. The maximum atomic E-state index is 12.8. The predicted octanol–water partition coefficient (Wildman–Crippen LogP) is 4.48. The highest BCUT2D eigenvalue weighted by Crippen LogP contribution is 2.33. The van der Waals surface area contributed by atoms with Crippen molar-refractivity contribution in [2.24, 2.45) is 5.73 Å². The maximum absolute atomic E-state index is 12.8. The topological polar surface area (TPSA) is 55.1 Å². The van der Waals surface area contributed by atoms with Crippen LogP contribution in [0.25, 0.3) is 10.8 Å². The van der Waals surface area contributed by atoms with Gasteiger partial charge in [0, 0.05) is 16.6 Å². The van der Waals surface area contributed by atoms with Crippen LogP contribution in [0.5, 0.6) is 0 Å². The Bertz CT molecular complexity index is 967. The summed E-state index contributed by atoms with van der Waals surface area (Å²) < 4.78 is 1.09. The first kappa shape index (κ1) is 16.3. The summed E-state index contributed by atoms with van der Waals surface area (Å²) in [6.07, 6.45) is 1.94. The molecule has 126 valence electrons. The van der Waals surface area contributed by atoms with E-state index in [1.54, 1.807) is 0 Å². The van der Waals surface area contributed by atoms with Gasteiger partial charge in [0.2, 0.25) is 0 Å². The lowest BCUT2D eigenvalue weighted by Crippen LogP contribution is -2.27. The molecule has 1 aliphatic carbocycles. The minimum atomic E-state index is -0.0329. The average molecular weight is 395 g/mol. The van der Waals surface area contributed by atoms with Crippen molar-refractivity contribution in [2.45, 2.75) is 25.4 Å². The number of hydrogen-bond acceptors (Lipinski definition) is 2. The fraction of sp³-hybridized carbons (Fsp3) is 0.190. The molecule has 0 radical (unpaired) electrons. The second-order valence-corrected chi connectivity index (χ2v) is 7.38. The quantitative estimate of drug-likeness (QED) is 0.687. The lowest BCUT2D eigenvalue weighted by molar-refractivity contribution is 0.0937. The molecule has 0 heterocycles. The van der Waals surface area contributed by atoms with Crippen molar-refractivity contribution in [3.8, 4) is 0 Å². The molecular formula is C21H19BrN2O. The van der Waals surface area contributed by atoms with Crippen molar-refractivity contribution < 1.29 is 4.79 Å². The fourth-order valence-electron chi connectivity index (χ4n) is 3.63. The Kier molecular flexibility index (Phi) is 4.32. The van der Waals surface area contributed by atoms with Crippen molar-refractivity contribution in [1.82, 2.24) is 5.32 Å². The number of halogens is 1. The number of carbonyl (C=O) groups excluding carboxylic acids is 1. The Balaban J connectivity index is 1.61. The summed E-state index contributed by atoms with van der Waals surface area (Å²) in [5.74, 6) is -0.0329. The van der Waals surface area contributed by atoms with Crippen molar-refractivity contribution in [1.29, 1.82) is 0 Å². The first-order valence-corrected chi connectivity index (χ1v) is 9.26. The van der Waals surface area contributed by atoms with Gasteiger partial charge in [-0.05, 0) is 64.6 Å². The molecule has 4 rings (SSSR count). The molecular weight excluding hydrogens is 376 g/mol. The summed E-state index contributed by atoms with van der Waals surface area (Å²) in [6, 6.07) is 18.2. The van der Waals surface area contributed by atoms with Crippen LogP contribution in [0.3, 0.4) is 0 Å². The predicted molar refractivity (Wildman–Crippen MR) is 105 cm³/mol. The molecule has 0 fully saturated rings. The minimum absolute atomic E-state index is 0.0329. The summed E-state index contributed by atoms with van der Waals surface area (Å²) in [6.45, 7) is 0.466. The lowest BCUT2D eigenvalue weighted by Gasteiger charge is -2.15. The Morgan fingerprint density at radius 1 is 1.16 bits per heavy atom. The van der Waals surface area contributed by atoms with E-state index in [2.05, 4.69) is 33.4 Å². The zero-order valence-corrected chi connectivity index (χ0v) is 15.3. The number of fused-ring (bicyclic) bond motifs is 2. The summed E-state index contributed by atoms with van der Waals surface area (Å²) in [5.41, 5.74) is 10.1. The van der Waals surface area contributed by atoms with Crippen LogP contribution in [0.2, 0.25) is 0 Å². The summed E-state index contributed by atoms with van der Waals surface area (Å²) in [7, 11) is 0. The SMILES string of the molecule is NCc1cccc2ccc(C(=O)NC3CCc4cc(Br)ccc43)cc12. The maximum Gasteiger partial charge on any atom is 0.251 e. The molecule has 0 saturated heterocycles. The third kappa shape index (κ3) is 3.08. The Morgan fingerprint density at radius 2 is 2.04 bits per heavy atom. The van der Waals surface area contributed by atoms with E-state index >= 15 is 0 Å². The summed E-state index contributed by atoms with van der Waals surface area (Å²) in [4.78, 5) is 12.8. The summed E-state index contributed by atoms with van der Waals surface area (Å²) in [5, 5.41) is 5.34. The number of aryl methyl sites for hydroxylation is 1. The van der Waals surface area contributed by atoms with Crippen molar-refractivity contribution in [3.05, 3.63) is 81.3 Å². The third-order valence-electron chi connectivity index (χ3n) is 4.94. The molecule has 1 atom stereocenters. The number of benzene rings is 3. The van der Waals surface area contributed by atoms with Crippen LogP contribution in [0.4, 0.5) is 0 Å². The molecule has 0 aliphatic heterocycles. The van der Waals surface area contributed by atoms with Crippen LogP contribution in [0.15, 0.2) is 59.1 Å². The van der Waals surface area contributed by atoms with Gasteiger partial charge in [0.25, 0.3) is 5.91 Å². The van der Waals surface area contributed by atoms with Crippen LogP contribution < -0.4 is 11.1 Å². The van der Waals surface area contributed by atoms with Gasteiger partial charge in [-0.25, -0.2) is 0 Å². The van der Waals surface area contributed by atoms with Gasteiger partial charge in [0.1, 0.15) is 0 Å². The molecule has 3 aromatic rings. The highest BCUT2D eigenvalue weighted by atomic mass is 79.9. The number of rotatable bonds is 3. The first-order chi connectivity index (χ1) is 12.2. The number of amides is 1. The highest BCUT2D eigenvalue weighted by molar-refractivity contribution is 9.10. The van der Waals surface area contributed by atoms with E-state index in [-0.39, 0.29) is 11.9 Å². The standard InChI is InChI=1S/C21H19BrN2O/c22-17-7-8-18-14(10-17)6-9-20(18)24-21(25)15-5-4-13-2-1-3-16(12-23)19(13)11-15/h1-5,7-8,10-11,20H,6,9,12,23H2,(H,24,25). The normalized spacial score (nSPS) is 16.0. The number of nitrogens with two attached hydrogens (primary N) is 1. The molecule has 0 saturated carbocycles. The number of nitrogens with one attached hydrogen (secondary N) is 1. The van der Waals surface area contributed by atoms with E-state index in [1.807, 2.05) is 42.5 Å². The van der Waals surface area contributed by atoms with Gasteiger partial charge in [-0.3, -0.25) is 4.79 Å². The van der Waals surface area contributed by atoms with Crippen molar-refractivity contribution in [3.63, 3.8) is 0 Å². The Hall–Kier alpha value is -2.17. The number of carbonyl (C=O) groups is 1. The molecule has 0 spiro atoms. The fourth-order valence-corrected chi connectivity index (χ4v) is 4.04. The smallest absolute Gasteiger partial charge is 0.251 e. The largest absolute Gasteiger partial charge is 0.345 e. The molecule has 1 amide bonds. The molecule has 3 N–H and O–H groups in total. The Morgan fingerprint density at radius 3 is 2.88 bits per heavy atom. The van der Waals surface area contributed by atoms with E-state index in [4.69, 9.17) is 5.73 Å². The highest BCUT2D eigenvalue weighted by Gasteiger charge is 2.24. The third-order valence-corrected chi connectivity index (χ3v) is 5.44. The number of hydrogen-bond donors (Lipinski definition) is 2. The van der Waals surface area contributed by atoms with Gasteiger partial charge in [-0.15, -0.1) is 0 Å². The molecule has 3 aromatic carbocycles. The molecule has 3 nitrogen and oxygen atoms in total. The van der Waals surface area contributed by atoms with Crippen LogP contribution >= 0.6 is 15.9 Å². The zero-order chi connectivity index (χ0) is 17.4. The lowest BCUT2D eigenvalue weighted by atomic mass is 10.0. The summed E-state index contributed by atoms with van der Waals surface area (Å²) >= 11 is 3.51. The van der Waals surface area contributed by atoms with Gasteiger partial charge < -0.3 is 11.1 Å². The van der Waals surface area contributed by atoms with Crippen LogP contribution in [0, 0.1) is 0 Å². The Labute approximate surface area is 155 Å². The second kappa shape index (κ2) is 6.62. The van der Waals surface area contributed by atoms with Crippen molar-refractivity contribution in [2.75, 3.05) is 0 Å². The monoisotopic (exact) mass is 394 g/mol. The van der Waals surface area contributed by atoms with Crippen LogP contribution in [0.1, 0.15) is 39.5 Å². The van der Waals surface area contributed by atoms with Gasteiger partial charge >= 0.3 is 0 Å². The molecule has 1 aliphatic rings. The zero-order valence-electron chi connectivity index (χ0n) is 13.8. The van der Waals surface area contributed by atoms with E-state index in [9.17, 15) is 4.79 Å². The van der Waals surface area contributed by atoms with Crippen LogP contribution in [-0.4, -0.2) is 5.91 Å². The van der Waals surface area contributed by atoms with E-state index in [0.717, 1.165) is 33.7 Å². The van der Waals surface area contributed by atoms with Crippen LogP contribution in [-0.2, 0) is 13.0 Å². The van der Waals surface area contributed by atoms with E-state index in [1.165, 1.54) is 11.1 Å². The van der Waals surface area contributed by atoms with Gasteiger partial charge in [0.05, 0.1) is 6.04 Å². The molecule has 0 bridgehead atoms. The van der Waals surface area contributed by atoms with E-state index in [0.29, 0.717) is 12.1 Å². The van der Waals surface area contributed by atoms with Gasteiger partial charge in [-0.2, -0.15) is 0 Å². The molecule has 4 heteroatoms. The minimum Gasteiger partial charge on any atom is -0.345 e. The molecule has 1 unspecified atom stereocenters. The van der Waals surface area contributed by atoms with E-state index < -0.39 is 0 Å². The van der Waals surface area contributed by atoms with Gasteiger partial charge in [-0.1, -0.05) is 46.3 Å². The van der Waals surface area contributed by atoms with Crippen molar-refractivity contribution >= 4 is 32.6 Å².